The molecule has 1 unspecified atom stereocenters. The van der Waals surface area contributed by atoms with Gasteiger partial charge in [-0.25, -0.2) is 0 Å². The van der Waals surface area contributed by atoms with E-state index in [0.29, 0.717) is 12.2 Å². The molecule has 1 atom stereocenters. The summed E-state index contributed by atoms with van der Waals surface area (Å²) in [6, 6.07) is 0. The lowest BCUT2D eigenvalue weighted by Gasteiger charge is -1.89. The molecular formula is C6H10OS. The van der Waals surface area contributed by atoms with E-state index in [0.717, 1.165) is 5.75 Å². The van der Waals surface area contributed by atoms with Gasteiger partial charge in [0.15, 0.2) is 0 Å². The van der Waals surface area contributed by atoms with E-state index in [2.05, 4.69) is 5.92 Å². The predicted octanol–water partition coefficient (Wildman–Crippen LogP) is 0.778. The quantitative estimate of drug-likeness (QED) is 0.516. The Balaban J connectivity index is 3.15. The maximum atomic E-state index is 10.6. The molecule has 0 aliphatic carbocycles. The predicted molar refractivity (Wildman–Crippen MR) is 37.0 cm³/mol. The fraction of sp³-hybridized carbons (Fsp3) is 0.667. The second kappa shape index (κ2) is 4.86. The van der Waals surface area contributed by atoms with E-state index in [1.54, 1.807) is 0 Å². The monoisotopic (exact) mass is 130 g/mol. The van der Waals surface area contributed by atoms with Crippen molar-refractivity contribution in [3.63, 3.8) is 0 Å². The van der Waals surface area contributed by atoms with Crippen molar-refractivity contribution in [3.8, 4) is 12.3 Å². The highest BCUT2D eigenvalue weighted by Crippen LogP contribution is 1.83. The van der Waals surface area contributed by atoms with Gasteiger partial charge in [0.2, 0.25) is 0 Å². The van der Waals surface area contributed by atoms with Gasteiger partial charge < -0.3 is 0 Å². The lowest BCUT2D eigenvalue weighted by Crippen LogP contribution is -1.97. The molecule has 0 aliphatic heterocycles. The van der Waals surface area contributed by atoms with Crippen molar-refractivity contribution in [2.24, 2.45) is 0 Å². The van der Waals surface area contributed by atoms with Crippen molar-refractivity contribution < 1.29 is 4.21 Å². The number of hydrogen-bond donors (Lipinski definition) is 0. The maximum Gasteiger partial charge on any atom is 0.0344 e. The summed E-state index contributed by atoms with van der Waals surface area (Å²) in [4.78, 5) is 0. The van der Waals surface area contributed by atoms with Crippen molar-refractivity contribution in [1.29, 1.82) is 0 Å². The Morgan fingerprint density at radius 2 is 2.38 bits per heavy atom. The van der Waals surface area contributed by atoms with E-state index in [-0.39, 0.29) is 0 Å². The normalized spacial score (nSPS) is 12.5. The summed E-state index contributed by atoms with van der Waals surface area (Å²) in [5.41, 5.74) is 0. The van der Waals surface area contributed by atoms with Crippen LogP contribution in [0, 0.1) is 12.3 Å². The summed E-state index contributed by atoms with van der Waals surface area (Å²) < 4.78 is 10.6. The molecule has 0 radical (unpaired) electrons. The van der Waals surface area contributed by atoms with Crippen LogP contribution >= 0.6 is 0 Å². The second-order valence-electron chi connectivity index (χ2n) is 1.39. The molecule has 0 amide bonds. The van der Waals surface area contributed by atoms with E-state index >= 15 is 0 Å². The van der Waals surface area contributed by atoms with Crippen LogP contribution in [-0.4, -0.2) is 15.7 Å². The van der Waals surface area contributed by atoms with Gasteiger partial charge in [-0.05, 0) is 0 Å². The summed E-state index contributed by atoms with van der Waals surface area (Å²) >= 11 is 0. The molecule has 0 aromatic rings. The van der Waals surface area contributed by atoms with Crippen LogP contribution in [0.5, 0.6) is 0 Å². The summed E-state index contributed by atoms with van der Waals surface area (Å²) in [5, 5.41) is 0. The van der Waals surface area contributed by atoms with Gasteiger partial charge in [-0.15, -0.1) is 12.3 Å². The summed E-state index contributed by atoms with van der Waals surface area (Å²) in [6.45, 7) is 1.90. The van der Waals surface area contributed by atoms with Gasteiger partial charge in [0, 0.05) is 28.7 Å². The first-order valence-electron chi connectivity index (χ1n) is 2.59. The molecule has 0 spiro atoms. The molecule has 1 nitrogen and oxygen atoms in total. The Kier molecular flexibility index (Phi) is 4.68. The highest BCUT2D eigenvalue weighted by Gasteiger charge is 1.90. The average molecular weight is 130 g/mol. The Labute approximate surface area is 52.9 Å². The summed E-state index contributed by atoms with van der Waals surface area (Å²) in [7, 11) is -0.669. The lowest BCUT2D eigenvalue weighted by atomic mass is 10.5. The van der Waals surface area contributed by atoms with Gasteiger partial charge in [0.25, 0.3) is 0 Å². The molecule has 2 heteroatoms. The molecule has 0 saturated carbocycles. The minimum Gasteiger partial charge on any atom is -0.260 e. The van der Waals surface area contributed by atoms with Crippen molar-refractivity contribution in [2.75, 3.05) is 11.5 Å². The highest BCUT2D eigenvalue weighted by molar-refractivity contribution is 7.84. The van der Waals surface area contributed by atoms with Crippen molar-refractivity contribution in [3.05, 3.63) is 0 Å². The van der Waals surface area contributed by atoms with Crippen molar-refractivity contribution >= 4 is 10.8 Å². The van der Waals surface area contributed by atoms with Crippen LogP contribution < -0.4 is 0 Å². The summed E-state index contributed by atoms with van der Waals surface area (Å²) in [5.74, 6) is 3.82. The fourth-order valence-electron chi connectivity index (χ4n) is 0.317. The first-order valence-corrected chi connectivity index (χ1v) is 4.08. The number of rotatable bonds is 3. The Bertz CT molecular complexity index is 112. The second-order valence-corrected chi connectivity index (χ2v) is 3.25. The Morgan fingerprint density at radius 3 is 2.75 bits per heavy atom. The molecule has 0 fully saturated rings. The molecule has 0 aromatic carbocycles. The highest BCUT2D eigenvalue weighted by atomic mass is 32.2. The van der Waals surface area contributed by atoms with E-state index in [1.807, 2.05) is 6.92 Å². The molecular weight excluding hydrogens is 120 g/mol. The van der Waals surface area contributed by atoms with Gasteiger partial charge in [-0.2, -0.15) is 0 Å². The Hall–Kier alpha value is -0.290. The lowest BCUT2D eigenvalue weighted by molar-refractivity contribution is 0.683. The van der Waals surface area contributed by atoms with Crippen LogP contribution in [0.3, 0.4) is 0 Å². The first kappa shape index (κ1) is 7.71. The minimum absolute atomic E-state index is 0.639. The third-order valence-corrected chi connectivity index (χ3v) is 2.10. The zero-order valence-electron chi connectivity index (χ0n) is 5.02. The van der Waals surface area contributed by atoms with Crippen molar-refractivity contribution in [1.82, 2.24) is 0 Å². The third kappa shape index (κ3) is 3.89. The fourth-order valence-corrected chi connectivity index (χ4v) is 0.951. The van der Waals surface area contributed by atoms with Crippen LogP contribution in [0.2, 0.25) is 0 Å². The molecule has 0 bridgehead atoms. The summed E-state index contributed by atoms with van der Waals surface area (Å²) in [6.07, 6.45) is 5.59. The zero-order valence-corrected chi connectivity index (χ0v) is 5.83. The standard InChI is InChI=1S/C6H10OS/c1-3-5-6-8(7)4-2/h1H,4-6H2,2H3. The van der Waals surface area contributed by atoms with Gasteiger partial charge in [-0.1, -0.05) is 6.92 Å². The van der Waals surface area contributed by atoms with E-state index in [1.165, 1.54) is 0 Å². The topological polar surface area (TPSA) is 17.1 Å². The maximum absolute atomic E-state index is 10.6. The molecule has 8 heavy (non-hydrogen) atoms. The van der Waals surface area contributed by atoms with Gasteiger partial charge in [0.05, 0.1) is 0 Å². The van der Waals surface area contributed by atoms with Crippen LogP contribution in [0.1, 0.15) is 13.3 Å². The van der Waals surface area contributed by atoms with Gasteiger partial charge in [0.1, 0.15) is 0 Å². The molecule has 0 rings (SSSR count). The van der Waals surface area contributed by atoms with Crippen LogP contribution in [0.4, 0.5) is 0 Å². The van der Waals surface area contributed by atoms with E-state index < -0.39 is 10.8 Å². The average Bonchev–Trinajstić information content (AvgIpc) is 1.83. The molecule has 0 saturated heterocycles. The zero-order chi connectivity index (χ0) is 6.41. The third-order valence-electron chi connectivity index (χ3n) is 0.796. The number of terminal acetylenes is 1. The van der Waals surface area contributed by atoms with Gasteiger partial charge >= 0.3 is 0 Å². The Morgan fingerprint density at radius 1 is 1.75 bits per heavy atom. The van der Waals surface area contributed by atoms with Crippen molar-refractivity contribution in [2.45, 2.75) is 13.3 Å². The largest absolute Gasteiger partial charge is 0.260 e. The minimum atomic E-state index is -0.669. The van der Waals surface area contributed by atoms with Crippen LogP contribution in [0.15, 0.2) is 0 Å². The molecule has 0 aliphatic rings. The number of hydrogen-bond acceptors (Lipinski definition) is 1. The van der Waals surface area contributed by atoms with E-state index in [9.17, 15) is 4.21 Å². The molecule has 0 heterocycles. The molecule has 0 aromatic heterocycles. The SMILES string of the molecule is C#CCCS(=O)CC. The van der Waals surface area contributed by atoms with Crippen LogP contribution in [0.25, 0.3) is 0 Å². The molecule has 46 valence electrons. The smallest absolute Gasteiger partial charge is 0.0344 e. The van der Waals surface area contributed by atoms with Crippen LogP contribution in [-0.2, 0) is 10.8 Å². The first-order chi connectivity index (χ1) is 3.81. The van der Waals surface area contributed by atoms with E-state index in [4.69, 9.17) is 6.42 Å². The molecule has 0 N–H and O–H groups in total. The van der Waals surface area contributed by atoms with Gasteiger partial charge in [-0.3, -0.25) is 4.21 Å².